The molecule has 0 aromatic rings. The molecule has 0 radical (unpaired) electrons. The van der Waals surface area contributed by atoms with Gasteiger partial charge in [-0.05, 0) is 13.3 Å². The number of likely N-dealkylation sites (N-methyl/N-ethyl adjacent to an activating group) is 1. The molecule has 1 aliphatic rings. The number of nitrogens with one attached hydrogen (secondary N) is 1. The first-order valence-corrected chi connectivity index (χ1v) is 5.23. The highest BCUT2D eigenvalue weighted by Gasteiger charge is 2.20. The molecule has 0 spiro atoms. The number of carbonyl (C=O) groups is 1. The first kappa shape index (κ1) is 14.7. The number of ether oxygens (including phenoxy) is 1. The van der Waals surface area contributed by atoms with E-state index >= 15 is 0 Å². The van der Waals surface area contributed by atoms with E-state index in [-0.39, 0.29) is 31.0 Å². The average molecular weight is 237 g/mol. The SMILES string of the molecule is CCC(C)N(C)C(=O)COC1CNC1.Cl. The molecule has 1 saturated heterocycles. The molecule has 0 aliphatic carbocycles. The van der Waals surface area contributed by atoms with E-state index in [1.165, 1.54) is 0 Å². The molecule has 0 aromatic carbocycles. The van der Waals surface area contributed by atoms with Crippen LogP contribution in [0.4, 0.5) is 0 Å². The molecule has 1 atom stereocenters. The molecule has 1 unspecified atom stereocenters. The summed E-state index contributed by atoms with van der Waals surface area (Å²) < 4.78 is 5.40. The average Bonchev–Trinajstić information content (AvgIpc) is 2.12. The molecule has 1 fully saturated rings. The van der Waals surface area contributed by atoms with Gasteiger partial charge in [-0.15, -0.1) is 12.4 Å². The summed E-state index contributed by atoms with van der Waals surface area (Å²) in [6.45, 7) is 6.09. The summed E-state index contributed by atoms with van der Waals surface area (Å²) in [5, 5.41) is 3.10. The van der Waals surface area contributed by atoms with Crippen molar-refractivity contribution in [2.75, 3.05) is 26.7 Å². The van der Waals surface area contributed by atoms with E-state index < -0.39 is 0 Å². The second kappa shape index (κ2) is 7.04. The second-order valence-corrected chi connectivity index (χ2v) is 3.85. The van der Waals surface area contributed by atoms with Gasteiger partial charge in [0.15, 0.2) is 0 Å². The highest BCUT2D eigenvalue weighted by Crippen LogP contribution is 2.03. The molecular formula is C10H21ClN2O2. The first-order valence-electron chi connectivity index (χ1n) is 5.23. The molecule has 1 N–H and O–H groups in total. The molecule has 1 amide bonds. The lowest BCUT2D eigenvalue weighted by atomic mass is 10.2. The van der Waals surface area contributed by atoms with Crippen molar-refractivity contribution in [2.24, 2.45) is 0 Å². The lowest BCUT2D eigenvalue weighted by molar-refractivity contribution is -0.139. The van der Waals surface area contributed by atoms with Gasteiger partial charge in [0.2, 0.25) is 5.91 Å². The second-order valence-electron chi connectivity index (χ2n) is 3.85. The van der Waals surface area contributed by atoms with Crippen LogP contribution in [0.15, 0.2) is 0 Å². The van der Waals surface area contributed by atoms with E-state index in [9.17, 15) is 4.79 Å². The number of rotatable bonds is 5. The molecule has 5 heteroatoms. The van der Waals surface area contributed by atoms with Crippen molar-refractivity contribution in [3.05, 3.63) is 0 Å². The van der Waals surface area contributed by atoms with E-state index in [1.54, 1.807) is 4.90 Å². The molecule has 0 saturated carbocycles. The topological polar surface area (TPSA) is 41.6 Å². The molecule has 0 aromatic heterocycles. The van der Waals surface area contributed by atoms with Crippen molar-refractivity contribution in [3.63, 3.8) is 0 Å². The lowest BCUT2D eigenvalue weighted by Gasteiger charge is -2.29. The molecule has 4 nitrogen and oxygen atoms in total. The quantitative estimate of drug-likeness (QED) is 0.763. The molecule has 1 aliphatic heterocycles. The fraction of sp³-hybridized carbons (Fsp3) is 0.900. The van der Waals surface area contributed by atoms with Crippen molar-refractivity contribution < 1.29 is 9.53 Å². The molecule has 0 bridgehead atoms. The summed E-state index contributed by atoms with van der Waals surface area (Å²) in [6, 6.07) is 0.297. The smallest absolute Gasteiger partial charge is 0.248 e. The molecule has 1 rings (SSSR count). The van der Waals surface area contributed by atoms with Crippen molar-refractivity contribution in [3.8, 4) is 0 Å². The van der Waals surface area contributed by atoms with E-state index in [0.717, 1.165) is 19.5 Å². The summed E-state index contributed by atoms with van der Waals surface area (Å²) in [4.78, 5) is 13.3. The highest BCUT2D eigenvalue weighted by molar-refractivity contribution is 5.85. The Bertz CT molecular complexity index is 198. The monoisotopic (exact) mass is 236 g/mol. The van der Waals surface area contributed by atoms with Gasteiger partial charge >= 0.3 is 0 Å². The standard InChI is InChI=1S/C10H20N2O2.ClH/c1-4-8(2)12(3)10(13)7-14-9-5-11-6-9;/h8-9,11H,4-7H2,1-3H3;1H. The van der Waals surface area contributed by atoms with Crippen LogP contribution in [0.2, 0.25) is 0 Å². The van der Waals surface area contributed by atoms with E-state index in [0.29, 0.717) is 6.04 Å². The summed E-state index contributed by atoms with van der Waals surface area (Å²) in [5.74, 6) is 0.0752. The van der Waals surface area contributed by atoms with Gasteiger partial charge in [0, 0.05) is 26.2 Å². The van der Waals surface area contributed by atoms with Crippen molar-refractivity contribution in [2.45, 2.75) is 32.4 Å². The number of hydrogen-bond acceptors (Lipinski definition) is 3. The van der Waals surface area contributed by atoms with Crippen LogP contribution in [-0.4, -0.2) is 49.7 Å². The van der Waals surface area contributed by atoms with Crippen LogP contribution in [0.25, 0.3) is 0 Å². The summed E-state index contributed by atoms with van der Waals surface area (Å²) in [5.41, 5.74) is 0. The Hall–Kier alpha value is -0.320. The zero-order chi connectivity index (χ0) is 10.6. The fourth-order valence-corrected chi connectivity index (χ4v) is 1.19. The Balaban J connectivity index is 0.00000196. The van der Waals surface area contributed by atoms with Gasteiger partial charge in [-0.25, -0.2) is 0 Å². The van der Waals surface area contributed by atoms with Gasteiger partial charge in [0.05, 0.1) is 6.10 Å². The Kier molecular flexibility index (Phi) is 6.89. The van der Waals surface area contributed by atoms with Crippen LogP contribution in [0.1, 0.15) is 20.3 Å². The molecule has 15 heavy (non-hydrogen) atoms. The van der Waals surface area contributed by atoms with Crippen molar-refractivity contribution in [1.29, 1.82) is 0 Å². The van der Waals surface area contributed by atoms with Crippen LogP contribution >= 0.6 is 12.4 Å². The lowest BCUT2D eigenvalue weighted by Crippen LogP contribution is -2.50. The van der Waals surface area contributed by atoms with Crippen molar-refractivity contribution >= 4 is 18.3 Å². The maximum Gasteiger partial charge on any atom is 0.248 e. The minimum Gasteiger partial charge on any atom is -0.366 e. The summed E-state index contributed by atoms with van der Waals surface area (Å²) >= 11 is 0. The third-order valence-electron chi connectivity index (χ3n) is 2.83. The van der Waals surface area contributed by atoms with Gasteiger partial charge in [-0.3, -0.25) is 4.79 Å². The van der Waals surface area contributed by atoms with E-state index in [4.69, 9.17) is 4.74 Å². The number of nitrogens with zero attached hydrogens (tertiary/aromatic N) is 1. The predicted molar refractivity (Wildman–Crippen MR) is 62.4 cm³/mol. The maximum absolute atomic E-state index is 11.6. The molecule has 90 valence electrons. The maximum atomic E-state index is 11.6. The minimum atomic E-state index is 0. The van der Waals surface area contributed by atoms with E-state index in [2.05, 4.69) is 12.2 Å². The number of halogens is 1. The number of carbonyl (C=O) groups excluding carboxylic acids is 1. The normalized spacial score (nSPS) is 17.5. The van der Waals surface area contributed by atoms with Crippen LogP contribution in [0, 0.1) is 0 Å². The Morgan fingerprint density at radius 1 is 1.60 bits per heavy atom. The number of amides is 1. The Morgan fingerprint density at radius 2 is 2.20 bits per heavy atom. The van der Waals surface area contributed by atoms with Gasteiger partial charge in [-0.2, -0.15) is 0 Å². The van der Waals surface area contributed by atoms with Crippen molar-refractivity contribution in [1.82, 2.24) is 10.2 Å². The largest absolute Gasteiger partial charge is 0.366 e. The van der Waals surface area contributed by atoms with Gasteiger partial charge in [-0.1, -0.05) is 6.92 Å². The van der Waals surface area contributed by atoms with Crippen LogP contribution in [0.3, 0.4) is 0 Å². The number of hydrogen-bond donors (Lipinski definition) is 1. The highest BCUT2D eigenvalue weighted by atomic mass is 35.5. The van der Waals surface area contributed by atoms with Gasteiger partial charge in [0.1, 0.15) is 6.61 Å². The first-order chi connectivity index (χ1) is 6.65. The Morgan fingerprint density at radius 3 is 2.60 bits per heavy atom. The summed E-state index contributed by atoms with van der Waals surface area (Å²) in [7, 11) is 1.83. The third-order valence-corrected chi connectivity index (χ3v) is 2.83. The third kappa shape index (κ3) is 4.36. The fourth-order valence-electron chi connectivity index (χ4n) is 1.19. The Labute approximate surface area is 97.8 Å². The molecular weight excluding hydrogens is 216 g/mol. The summed E-state index contributed by atoms with van der Waals surface area (Å²) in [6.07, 6.45) is 1.22. The van der Waals surface area contributed by atoms with Gasteiger partial charge in [0.25, 0.3) is 0 Å². The van der Waals surface area contributed by atoms with Crippen LogP contribution in [0.5, 0.6) is 0 Å². The zero-order valence-corrected chi connectivity index (χ0v) is 10.5. The molecule has 1 heterocycles. The minimum absolute atomic E-state index is 0. The van der Waals surface area contributed by atoms with Crippen LogP contribution < -0.4 is 5.32 Å². The van der Waals surface area contributed by atoms with E-state index in [1.807, 2.05) is 14.0 Å². The predicted octanol–water partition coefficient (Wildman–Crippen LogP) is 0.653. The zero-order valence-electron chi connectivity index (χ0n) is 9.66. The van der Waals surface area contributed by atoms with Gasteiger partial charge < -0.3 is 15.0 Å². The van der Waals surface area contributed by atoms with Crippen LogP contribution in [-0.2, 0) is 9.53 Å².